The van der Waals surface area contributed by atoms with Gasteiger partial charge in [0.15, 0.2) is 0 Å². The average molecular weight is 257 g/mol. The molecule has 0 spiro atoms. The summed E-state index contributed by atoms with van der Waals surface area (Å²) in [5, 5.41) is 3.39. The molecule has 0 radical (unpaired) electrons. The lowest BCUT2D eigenvalue weighted by molar-refractivity contribution is 0.660. The van der Waals surface area contributed by atoms with Gasteiger partial charge < -0.3 is 0 Å². The SMILES string of the molecule is CCCC(C)c1nc(/C=C/c2ccccc2)cs1. The minimum absolute atomic E-state index is 0.582. The second kappa shape index (κ2) is 6.50. The largest absolute Gasteiger partial charge is 0.242 e. The second-order valence-corrected chi connectivity index (χ2v) is 5.43. The van der Waals surface area contributed by atoms with Crippen molar-refractivity contribution in [1.82, 2.24) is 4.98 Å². The van der Waals surface area contributed by atoms with Crippen LogP contribution in [0.5, 0.6) is 0 Å². The third-order valence-corrected chi connectivity index (χ3v) is 4.02. The molecule has 1 atom stereocenters. The molecule has 0 saturated carbocycles. The minimum atomic E-state index is 0.582. The number of nitrogens with zero attached hydrogens (tertiary/aromatic N) is 1. The molecule has 0 bridgehead atoms. The fourth-order valence-electron chi connectivity index (χ4n) is 1.91. The van der Waals surface area contributed by atoms with Gasteiger partial charge in [-0.3, -0.25) is 0 Å². The van der Waals surface area contributed by atoms with Gasteiger partial charge >= 0.3 is 0 Å². The predicted octanol–water partition coefficient (Wildman–Crippen LogP) is 5.22. The van der Waals surface area contributed by atoms with E-state index in [9.17, 15) is 0 Å². The van der Waals surface area contributed by atoms with Crippen molar-refractivity contribution in [3.8, 4) is 0 Å². The van der Waals surface area contributed by atoms with Gasteiger partial charge in [-0.1, -0.05) is 56.7 Å². The van der Waals surface area contributed by atoms with Crippen LogP contribution < -0.4 is 0 Å². The van der Waals surface area contributed by atoms with Gasteiger partial charge in [0.25, 0.3) is 0 Å². The van der Waals surface area contributed by atoms with Gasteiger partial charge in [0.05, 0.1) is 10.7 Å². The Hall–Kier alpha value is -1.41. The highest BCUT2D eigenvalue weighted by atomic mass is 32.1. The molecule has 0 aliphatic rings. The third-order valence-electron chi connectivity index (χ3n) is 2.93. The molecule has 1 nitrogen and oxygen atoms in total. The zero-order valence-electron chi connectivity index (χ0n) is 11.0. The first-order valence-electron chi connectivity index (χ1n) is 6.48. The van der Waals surface area contributed by atoms with Crippen molar-refractivity contribution in [2.75, 3.05) is 0 Å². The molecule has 2 aromatic rings. The van der Waals surface area contributed by atoms with E-state index in [1.54, 1.807) is 11.3 Å². The van der Waals surface area contributed by atoms with Crippen molar-refractivity contribution in [2.45, 2.75) is 32.6 Å². The van der Waals surface area contributed by atoms with Crippen molar-refractivity contribution < 1.29 is 0 Å². The molecule has 0 saturated heterocycles. The van der Waals surface area contributed by atoms with E-state index in [4.69, 9.17) is 0 Å². The van der Waals surface area contributed by atoms with Crippen molar-refractivity contribution >= 4 is 23.5 Å². The summed E-state index contributed by atoms with van der Waals surface area (Å²) in [4.78, 5) is 4.68. The van der Waals surface area contributed by atoms with E-state index in [1.165, 1.54) is 23.4 Å². The number of aromatic nitrogens is 1. The molecule has 18 heavy (non-hydrogen) atoms. The molecule has 94 valence electrons. The topological polar surface area (TPSA) is 12.9 Å². The Labute approximate surface area is 113 Å². The van der Waals surface area contributed by atoms with Crippen LogP contribution in [0.3, 0.4) is 0 Å². The molecule has 2 heteroatoms. The number of thiazole rings is 1. The van der Waals surface area contributed by atoms with Gasteiger partial charge in [0, 0.05) is 11.3 Å². The number of hydrogen-bond donors (Lipinski definition) is 0. The van der Waals surface area contributed by atoms with Crippen LogP contribution in [0.1, 0.15) is 48.9 Å². The maximum Gasteiger partial charge on any atom is 0.0960 e. The summed E-state index contributed by atoms with van der Waals surface area (Å²) in [6, 6.07) is 10.3. The van der Waals surface area contributed by atoms with E-state index in [0.29, 0.717) is 5.92 Å². The molecule has 1 aromatic heterocycles. The molecule has 0 aliphatic carbocycles. The lowest BCUT2D eigenvalue weighted by Gasteiger charge is -2.04. The summed E-state index contributed by atoms with van der Waals surface area (Å²) < 4.78 is 0. The highest BCUT2D eigenvalue weighted by Crippen LogP contribution is 2.24. The molecular formula is C16H19NS. The van der Waals surface area contributed by atoms with Crippen LogP contribution in [0.2, 0.25) is 0 Å². The first-order valence-corrected chi connectivity index (χ1v) is 7.36. The summed E-state index contributed by atoms with van der Waals surface area (Å²) in [5.74, 6) is 0.582. The molecular weight excluding hydrogens is 238 g/mol. The lowest BCUT2D eigenvalue weighted by atomic mass is 10.1. The van der Waals surface area contributed by atoms with Gasteiger partial charge in [-0.05, 0) is 18.1 Å². The molecule has 1 unspecified atom stereocenters. The van der Waals surface area contributed by atoms with Crippen LogP contribution >= 0.6 is 11.3 Å². The highest BCUT2D eigenvalue weighted by Gasteiger charge is 2.08. The zero-order chi connectivity index (χ0) is 12.8. The highest BCUT2D eigenvalue weighted by molar-refractivity contribution is 7.09. The van der Waals surface area contributed by atoms with Crippen LogP contribution in [0, 0.1) is 0 Å². The molecule has 0 fully saturated rings. The zero-order valence-corrected chi connectivity index (χ0v) is 11.8. The van der Waals surface area contributed by atoms with E-state index >= 15 is 0 Å². The van der Waals surface area contributed by atoms with E-state index in [2.05, 4.69) is 60.6 Å². The Kier molecular flexibility index (Phi) is 4.71. The maximum absolute atomic E-state index is 4.68. The minimum Gasteiger partial charge on any atom is -0.242 e. The molecule has 2 rings (SSSR count). The Morgan fingerprint density at radius 1 is 1.22 bits per heavy atom. The summed E-state index contributed by atoms with van der Waals surface area (Å²) in [5.41, 5.74) is 2.29. The summed E-state index contributed by atoms with van der Waals surface area (Å²) in [7, 11) is 0. The van der Waals surface area contributed by atoms with E-state index in [-0.39, 0.29) is 0 Å². The average Bonchev–Trinajstić information content (AvgIpc) is 2.87. The van der Waals surface area contributed by atoms with Crippen molar-refractivity contribution in [3.63, 3.8) is 0 Å². The Balaban J connectivity index is 2.05. The van der Waals surface area contributed by atoms with Gasteiger partial charge in [-0.2, -0.15) is 0 Å². The fraction of sp³-hybridized carbons (Fsp3) is 0.312. The van der Waals surface area contributed by atoms with E-state index < -0.39 is 0 Å². The van der Waals surface area contributed by atoms with Crippen molar-refractivity contribution in [1.29, 1.82) is 0 Å². The van der Waals surface area contributed by atoms with Crippen molar-refractivity contribution in [2.24, 2.45) is 0 Å². The number of benzene rings is 1. The van der Waals surface area contributed by atoms with Gasteiger partial charge in [0.1, 0.15) is 0 Å². The molecule has 0 amide bonds. The van der Waals surface area contributed by atoms with Gasteiger partial charge in [0.2, 0.25) is 0 Å². The van der Waals surface area contributed by atoms with Crippen LogP contribution in [0.4, 0.5) is 0 Å². The lowest BCUT2D eigenvalue weighted by Crippen LogP contribution is -1.91. The Bertz CT molecular complexity index is 499. The number of rotatable bonds is 5. The Morgan fingerprint density at radius 3 is 2.72 bits per heavy atom. The molecule has 1 heterocycles. The standard InChI is InChI=1S/C16H19NS/c1-3-7-13(2)16-17-15(12-18-16)11-10-14-8-5-4-6-9-14/h4-6,8-13H,3,7H2,1-2H3/b11-10+. The van der Waals surface area contributed by atoms with Crippen molar-refractivity contribution in [3.05, 3.63) is 52.0 Å². The predicted molar refractivity (Wildman–Crippen MR) is 80.8 cm³/mol. The quantitative estimate of drug-likeness (QED) is 0.716. The molecule has 0 N–H and O–H groups in total. The summed E-state index contributed by atoms with van der Waals surface area (Å²) in [6.07, 6.45) is 6.64. The van der Waals surface area contributed by atoms with Crippen LogP contribution in [0.15, 0.2) is 35.7 Å². The Morgan fingerprint density at radius 2 is 2.00 bits per heavy atom. The normalized spacial score (nSPS) is 13.0. The van der Waals surface area contributed by atoms with Crippen LogP contribution in [0.25, 0.3) is 12.2 Å². The fourth-order valence-corrected chi connectivity index (χ4v) is 2.79. The van der Waals surface area contributed by atoms with Crippen LogP contribution in [-0.4, -0.2) is 4.98 Å². The van der Waals surface area contributed by atoms with E-state index in [1.807, 2.05) is 6.07 Å². The monoisotopic (exact) mass is 257 g/mol. The first kappa shape index (κ1) is 13.0. The number of hydrogen-bond acceptors (Lipinski definition) is 2. The summed E-state index contributed by atoms with van der Waals surface area (Å²) >= 11 is 1.77. The molecule has 0 aliphatic heterocycles. The smallest absolute Gasteiger partial charge is 0.0960 e. The van der Waals surface area contributed by atoms with Gasteiger partial charge in [-0.25, -0.2) is 4.98 Å². The van der Waals surface area contributed by atoms with Crippen LogP contribution in [-0.2, 0) is 0 Å². The first-order chi connectivity index (χ1) is 8.79. The maximum atomic E-state index is 4.68. The van der Waals surface area contributed by atoms with E-state index in [0.717, 1.165) is 5.69 Å². The van der Waals surface area contributed by atoms with Gasteiger partial charge in [-0.15, -0.1) is 11.3 Å². The second-order valence-electron chi connectivity index (χ2n) is 4.54. The molecule has 1 aromatic carbocycles. The summed E-state index contributed by atoms with van der Waals surface area (Å²) in [6.45, 7) is 4.48. The third kappa shape index (κ3) is 3.54.